The van der Waals surface area contributed by atoms with E-state index >= 15 is 0 Å². The van der Waals surface area contributed by atoms with Crippen molar-refractivity contribution in [3.05, 3.63) is 64.5 Å². The van der Waals surface area contributed by atoms with Crippen LogP contribution in [0.3, 0.4) is 0 Å². The molecule has 1 aliphatic heterocycles. The van der Waals surface area contributed by atoms with Crippen LogP contribution in [0.15, 0.2) is 53.9 Å². The quantitative estimate of drug-likeness (QED) is 0.520. The van der Waals surface area contributed by atoms with Crippen LogP contribution in [0.4, 0.5) is 5.69 Å². The molecule has 4 rings (SSSR count). The molecule has 1 unspecified atom stereocenters. The lowest BCUT2D eigenvalue weighted by atomic mass is 10.1. The summed E-state index contributed by atoms with van der Waals surface area (Å²) in [5, 5.41) is 3.25. The molecule has 0 bridgehead atoms. The summed E-state index contributed by atoms with van der Waals surface area (Å²) in [4.78, 5) is 19.5. The van der Waals surface area contributed by atoms with Crippen molar-refractivity contribution in [1.29, 1.82) is 0 Å². The molecule has 1 aliphatic rings. The number of hydrogen-bond donors (Lipinski definition) is 0. The third-order valence-corrected chi connectivity index (χ3v) is 6.08. The average Bonchev–Trinajstić information content (AvgIpc) is 3.20. The molecule has 150 valence electrons. The molecular weight excluding hydrogens is 380 g/mol. The fourth-order valence-electron chi connectivity index (χ4n) is 3.66. The van der Waals surface area contributed by atoms with E-state index in [-0.39, 0.29) is 5.91 Å². The molecule has 0 fully saturated rings. The summed E-state index contributed by atoms with van der Waals surface area (Å²) in [7, 11) is 0. The van der Waals surface area contributed by atoms with Gasteiger partial charge in [-0.3, -0.25) is 4.79 Å². The Morgan fingerprint density at radius 2 is 1.97 bits per heavy atom. The zero-order valence-electron chi connectivity index (χ0n) is 16.9. The van der Waals surface area contributed by atoms with Gasteiger partial charge < -0.3 is 9.64 Å². The summed E-state index contributed by atoms with van der Waals surface area (Å²) in [6.07, 6.45) is 3.48. The van der Waals surface area contributed by atoms with Gasteiger partial charge in [0.2, 0.25) is 0 Å². The number of ether oxygens (including phenoxy) is 1. The minimum Gasteiger partial charge on any atom is -0.479 e. The molecule has 0 N–H and O–H groups in total. The maximum absolute atomic E-state index is 12.9. The minimum absolute atomic E-state index is 0.0210. The van der Waals surface area contributed by atoms with E-state index in [0.717, 1.165) is 53.4 Å². The number of fused-ring (bicyclic) bond motifs is 1. The first-order valence-electron chi connectivity index (χ1n) is 10.3. The van der Waals surface area contributed by atoms with Crippen molar-refractivity contribution in [2.75, 3.05) is 11.4 Å². The second kappa shape index (κ2) is 8.78. The van der Waals surface area contributed by atoms with E-state index in [1.807, 2.05) is 36.1 Å². The van der Waals surface area contributed by atoms with Crippen molar-refractivity contribution in [3.8, 4) is 17.0 Å². The van der Waals surface area contributed by atoms with Crippen molar-refractivity contribution in [3.63, 3.8) is 0 Å². The number of aryl methyl sites for hydroxylation is 2. The smallest absolute Gasteiger partial charge is 0.267 e. The van der Waals surface area contributed by atoms with E-state index in [2.05, 4.69) is 36.6 Å². The Hall–Kier alpha value is -2.66. The van der Waals surface area contributed by atoms with Crippen molar-refractivity contribution in [2.24, 2.45) is 0 Å². The molecule has 2 heterocycles. The lowest BCUT2D eigenvalue weighted by molar-refractivity contribution is -0.125. The van der Waals surface area contributed by atoms with E-state index in [9.17, 15) is 4.79 Å². The number of anilines is 1. The molecule has 1 amide bonds. The maximum atomic E-state index is 12.9. The topological polar surface area (TPSA) is 42.4 Å². The highest BCUT2D eigenvalue weighted by Crippen LogP contribution is 2.38. The monoisotopic (exact) mass is 406 g/mol. The van der Waals surface area contributed by atoms with Gasteiger partial charge in [0.25, 0.3) is 5.91 Å². The van der Waals surface area contributed by atoms with Crippen LogP contribution in [0, 0.1) is 0 Å². The van der Waals surface area contributed by atoms with Gasteiger partial charge >= 0.3 is 0 Å². The molecule has 0 saturated carbocycles. The van der Waals surface area contributed by atoms with Crippen LogP contribution in [0.1, 0.15) is 37.3 Å². The predicted molar refractivity (Wildman–Crippen MR) is 119 cm³/mol. The average molecular weight is 407 g/mol. The minimum atomic E-state index is -0.458. The molecule has 3 aromatic rings. The molecule has 0 radical (unpaired) electrons. The van der Waals surface area contributed by atoms with Gasteiger partial charge in [0.05, 0.1) is 16.4 Å². The number of nitrogens with zero attached hydrogens (tertiary/aromatic N) is 2. The van der Waals surface area contributed by atoms with Crippen molar-refractivity contribution < 1.29 is 9.53 Å². The van der Waals surface area contributed by atoms with Crippen LogP contribution in [0.2, 0.25) is 0 Å². The summed E-state index contributed by atoms with van der Waals surface area (Å²) < 4.78 is 5.86. The number of carbonyl (C=O) groups is 1. The van der Waals surface area contributed by atoms with Crippen LogP contribution in [-0.4, -0.2) is 23.5 Å². The van der Waals surface area contributed by atoms with E-state index in [1.54, 1.807) is 11.3 Å². The molecule has 29 heavy (non-hydrogen) atoms. The Labute approximate surface area is 176 Å². The lowest BCUT2D eigenvalue weighted by Crippen LogP contribution is -2.45. The number of aromatic nitrogens is 1. The number of hydrogen-bond acceptors (Lipinski definition) is 4. The van der Waals surface area contributed by atoms with Crippen molar-refractivity contribution >= 4 is 22.9 Å². The van der Waals surface area contributed by atoms with Crippen LogP contribution in [0.25, 0.3) is 11.3 Å². The third-order valence-electron chi connectivity index (χ3n) is 5.17. The number of carbonyl (C=O) groups excluding carboxylic acids is 1. The zero-order chi connectivity index (χ0) is 20.2. The summed E-state index contributed by atoms with van der Waals surface area (Å²) in [6, 6.07) is 16.5. The number of benzene rings is 2. The largest absolute Gasteiger partial charge is 0.479 e. The Balaban J connectivity index is 1.56. The number of amides is 1. The van der Waals surface area contributed by atoms with E-state index in [0.29, 0.717) is 6.54 Å². The maximum Gasteiger partial charge on any atom is 0.267 e. The highest BCUT2D eigenvalue weighted by atomic mass is 32.1. The number of rotatable bonds is 7. The second-order valence-electron chi connectivity index (χ2n) is 7.40. The van der Waals surface area contributed by atoms with E-state index in [4.69, 9.17) is 9.72 Å². The fraction of sp³-hybridized carbons (Fsp3) is 0.333. The molecule has 0 aliphatic carbocycles. The van der Waals surface area contributed by atoms with Gasteiger partial charge in [-0.05, 0) is 56.4 Å². The second-order valence-corrected chi connectivity index (χ2v) is 8.34. The van der Waals surface area contributed by atoms with Gasteiger partial charge in [0.15, 0.2) is 6.10 Å². The third kappa shape index (κ3) is 4.35. The highest BCUT2D eigenvalue weighted by molar-refractivity contribution is 7.09. The first-order chi connectivity index (χ1) is 14.2. The van der Waals surface area contributed by atoms with Crippen LogP contribution >= 0.6 is 11.3 Å². The molecule has 0 saturated heterocycles. The van der Waals surface area contributed by atoms with Gasteiger partial charge in [-0.2, -0.15) is 0 Å². The Bertz CT molecular complexity index is 984. The highest BCUT2D eigenvalue weighted by Gasteiger charge is 2.31. The predicted octanol–water partition coefficient (Wildman–Crippen LogP) is 5.51. The summed E-state index contributed by atoms with van der Waals surface area (Å²) in [5.74, 6) is 0.789. The zero-order valence-corrected chi connectivity index (χ0v) is 17.7. The Kier molecular flexibility index (Phi) is 5.95. The normalized spacial score (nSPS) is 15.9. The summed E-state index contributed by atoms with van der Waals surface area (Å²) in [6.45, 7) is 4.66. The van der Waals surface area contributed by atoms with Gasteiger partial charge in [-0.1, -0.05) is 37.3 Å². The Morgan fingerprint density at radius 1 is 1.14 bits per heavy atom. The Morgan fingerprint density at radius 3 is 2.76 bits per heavy atom. The fourth-order valence-corrected chi connectivity index (χ4v) is 4.56. The number of thiazole rings is 1. The first kappa shape index (κ1) is 19.6. The van der Waals surface area contributed by atoms with E-state index in [1.165, 1.54) is 5.56 Å². The molecular formula is C24H26N2O2S. The lowest BCUT2D eigenvalue weighted by Gasteiger charge is -2.33. The van der Waals surface area contributed by atoms with Crippen molar-refractivity contribution in [2.45, 2.75) is 45.6 Å². The SMILES string of the molecule is CCCc1nc(-c2ccc3c(c2)N(CCCc2ccccc2)C(=O)C(C)O3)cs1. The van der Waals surface area contributed by atoms with Crippen LogP contribution in [0.5, 0.6) is 5.75 Å². The molecule has 2 aromatic carbocycles. The molecule has 0 spiro atoms. The molecule has 5 heteroatoms. The molecule has 1 atom stereocenters. The van der Waals surface area contributed by atoms with Gasteiger partial charge in [-0.15, -0.1) is 11.3 Å². The van der Waals surface area contributed by atoms with Crippen LogP contribution in [-0.2, 0) is 17.6 Å². The summed E-state index contributed by atoms with van der Waals surface area (Å²) in [5.41, 5.74) is 4.14. The summed E-state index contributed by atoms with van der Waals surface area (Å²) >= 11 is 1.70. The standard InChI is InChI=1S/C24H26N2O2S/c1-3-8-23-25-20(16-29-23)19-12-13-22-21(15-19)26(24(27)17(2)28-22)14-7-11-18-9-5-4-6-10-18/h4-6,9-10,12-13,15-17H,3,7-8,11,14H2,1-2H3. The first-order valence-corrected chi connectivity index (χ1v) is 11.1. The van der Waals surface area contributed by atoms with Crippen LogP contribution < -0.4 is 9.64 Å². The molecule has 4 nitrogen and oxygen atoms in total. The van der Waals surface area contributed by atoms with Gasteiger partial charge in [-0.25, -0.2) is 4.98 Å². The molecule has 1 aromatic heterocycles. The van der Waals surface area contributed by atoms with Gasteiger partial charge in [0.1, 0.15) is 5.75 Å². The van der Waals surface area contributed by atoms with Crippen molar-refractivity contribution in [1.82, 2.24) is 4.98 Å². The van der Waals surface area contributed by atoms with E-state index < -0.39 is 6.10 Å². The van der Waals surface area contributed by atoms with Gasteiger partial charge in [0, 0.05) is 17.5 Å².